The summed E-state index contributed by atoms with van der Waals surface area (Å²) in [7, 11) is 4.01. The van der Waals surface area contributed by atoms with E-state index in [0.29, 0.717) is 6.54 Å². The third kappa shape index (κ3) is 3.98. The molecule has 0 radical (unpaired) electrons. The summed E-state index contributed by atoms with van der Waals surface area (Å²) in [6, 6.07) is -0.337. The summed E-state index contributed by atoms with van der Waals surface area (Å²) in [4.78, 5) is 27.7. The first-order chi connectivity index (χ1) is 8.45. The molecule has 0 saturated carbocycles. The Bertz CT molecular complexity index is 305. The zero-order valence-electron chi connectivity index (χ0n) is 11.9. The number of piperazine rings is 1. The number of hydrogen-bond acceptors (Lipinski definition) is 3. The molecule has 1 saturated heterocycles. The van der Waals surface area contributed by atoms with Crippen LogP contribution in [0, 0.1) is 5.92 Å². The molecular formula is C13H25N3O2. The number of carbonyl (C=O) groups excluding carboxylic acids is 2. The fourth-order valence-corrected chi connectivity index (χ4v) is 2.12. The molecule has 1 aliphatic heterocycles. The van der Waals surface area contributed by atoms with Gasteiger partial charge in [0, 0.05) is 6.54 Å². The number of nitrogens with zero attached hydrogens (tertiary/aromatic N) is 2. The normalized spacial score (nSPS) is 22.3. The molecule has 0 aromatic heterocycles. The van der Waals surface area contributed by atoms with Gasteiger partial charge in [0.15, 0.2) is 0 Å². The molecule has 1 aliphatic rings. The van der Waals surface area contributed by atoms with Gasteiger partial charge in [-0.2, -0.15) is 0 Å². The van der Waals surface area contributed by atoms with Gasteiger partial charge >= 0.3 is 0 Å². The summed E-state index contributed by atoms with van der Waals surface area (Å²) in [5.41, 5.74) is 0. The molecule has 5 nitrogen and oxygen atoms in total. The molecule has 1 rings (SSSR count). The van der Waals surface area contributed by atoms with E-state index in [-0.39, 0.29) is 30.3 Å². The first kappa shape index (κ1) is 15.0. The topological polar surface area (TPSA) is 52.7 Å². The number of amides is 2. The standard InChI is InChI=1S/C13H25N3O2/c1-5-10(2)12-13(18)16(9-11(17)14-12)8-6-7-15(3)4/h10,12H,5-9H2,1-4H3,(H,14,17). The molecule has 5 heteroatoms. The molecule has 2 amide bonds. The van der Waals surface area contributed by atoms with Crippen molar-refractivity contribution in [2.45, 2.75) is 32.7 Å². The fourth-order valence-electron chi connectivity index (χ4n) is 2.12. The van der Waals surface area contributed by atoms with Crippen LogP contribution in [-0.2, 0) is 9.59 Å². The maximum atomic E-state index is 12.2. The molecule has 2 unspecified atom stereocenters. The lowest BCUT2D eigenvalue weighted by Gasteiger charge is -2.35. The van der Waals surface area contributed by atoms with Crippen LogP contribution < -0.4 is 5.32 Å². The molecule has 104 valence electrons. The predicted molar refractivity (Wildman–Crippen MR) is 71.1 cm³/mol. The quantitative estimate of drug-likeness (QED) is 0.743. The summed E-state index contributed by atoms with van der Waals surface area (Å²) in [5, 5.41) is 2.81. The molecule has 18 heavy (non-hydrogen) atoms. The van der Waals surface area contributed by atoms with Gasteiger partial charge in [-0.25, -0.2) is 0 Å². The van der Waals surface area contributed by atoms with E-state index in [4.69, 9.17) is 0 Å². The first-order valence-corrected chi connectivity index (χ1v) is 6.68. The van der Waals surface area contributed by atoms with E-state index in [0.717, 1.165) is 19.4 Å². The summed E-state index contributed by atoms with van der Waals surface area (Å²) in [6.45, 7) is 5.84. The van der Waals surface area contributed by atoms with Crippen molar-refractivity contribution < 1.29 is 9.59 Å². The zero-order valence-corrected chi connectivity index (χ0v) is 11.9. The zero-order chi connectivity index (χ0) is 13.7. The third-order valence-corrected chi connectivity index (χ3v) is 3.48. The largest absolute Gasteiger partial charge is 0.342 e. The molecule has 2 atom stereocenters. The number of rotatable bonds is 6. The van der Waals surface area contributed by atoms with E-state index in [1.54, 1.807) is 4.90 Å². The highest BCUT2D eigenvalue weighted by Gasteiger charge is 2.34. The smallest absolute Gasteiger partial charge is 0.245 e. The molecule has 0 bridgehead atoms. The predicted octanol–water partition coefficient (Wildman–Crippen LogP) is 0.311. The monoisotopic (exact) mass is 255 g/mol. The van der Waals surface area contributed by atoms with Gasteiger partial charge in [0.2, 0.25) is 11.8 Å². The van der Waals surface area contributed by atoms with Gasteiger partial charge in [-0.1, -0.05) is 20.3 Å². The summed E-state index contributed by atoms with van der Waals surface area (Å²) in [5.74, 6) is 0.227. The van der Waals surface area contributed by atoms with Crippen LogP contribution in [0.5, 0.6) is 0 Å². The third-order valence-electron chi connectivity index (χ3n) is 3.48. The van der Waals surface area contributed by atoms with Gasteiger partial charge in [0.1, 0.15) is 6.04 Å². The maximum absolute atomic E-state index is 12.2. The Balaban J connectivity index is 2.56. The maximum Gasteiger partial charge on any atom is 0.245 e. The van der Waals surface area contributed by atoms with Gasteiger partial charge in [-0.15, -0.1) is 0 Å². The van der Waals surface area contributed by atoms with E-state index >= 15 is 0 Å². The van der Waals surface area contributed by atoms with Crippen LogP contribution in [0.15, 0.2) is 0 Å². The SMILES string of the molecule is CCC(C)C1NC(=O)CN(CCCN(C)C)C1=O. The minimum absolute atomic E-state index is 0.0373. The van der Waals surface area contributed by atoms with Gasteiger partial charge in [0.25, 0.3) is 0 Å². The van der Waals surface area contributed by atoms with Gasteiger partial charge < -0.3 is 15.1 Å². The van der Waals surface area contributed by atoms with Crippen molar-refractivity contribution in [3.05, 3.63) is 0 Å². The van der Waals surface area contributed by atoms with Crippen LogP contribution in [0.1, 0.15) is 26.7 Å². The van der Waals surface area contributed by atoms with Crippen molar-refractivity contribution in [2.75, 3.05) is 33.7 Å². The van der Waals surface area contributed by atoms with Gasteiger partial charge in [0.05, 0.1) is 6.54 Å². The highest BCUT2D eigenvalue weighted by Crippen LogP contribution is 2.14. The number of hydrogen-bond donors (Lipinski definition) is 1. The van der Waals surface area contributed by atoms with Crippen molar-refractivity contribution in [2.24, 2.45) is 5.92 Å². The molecule has 1 heterocycles. The molecule has 0 aromatic carbocycles. The molecule has 1 N–H and O–H groups in total. The van der Waals surface area contributed by atoms with E-state index < -0.39 is 0 Å². The average Bonchev–Trinajstić information content (AvgIpc) is 2.31. The Kier molecular flexibility index (Phi) is 5.59. The van der Waals surface area contributed by atoms with Crippen molar-refractivity contribution in [3.63, 3.8) is 0 Å². The highest BCUT2D eigenvalue weighted by atomic mass is 16.2. The van der Waals surface area contributed by atoms with E-state index in [9.17, 15) is 9.59 Å². The van der Waals surface area contributed by atoms with Crippen LogP contribution in [-0.4, -0.2) is 61.4 Å². The Hall–Kier alpha value is -1.10. The lowest BCUT2D eigenvalue weighted by molar-refractivity contribution is -0.145. The second kappa shape index (κ2) is 6.73. The summed E-state index contributed by atoms with van der Waals surface area (Å²) >= 11 is 0. The minimum Gasteiger partial charge on any atom is -0.342 e. The second-order valence-electron chi connectivity index (χ2n) is 5.35. The Morgan fingerprint density at radius 3 is 2.67 bits per heavy atom. The van der Waals surface area contributed by atoms with Crippen molar-refractivity contribution in [3.8, 4) is 0 Å². The van der Waals surface area contributed by atoms with Gasteiger partial charge in [-0.05, 0) is 33.0 Å². The fraction of sp³-hybridized carbons (Fsp3) is 0.846. The van der Waals surface area contributed by atoms with Gasteiger partial charge in [-0.3, -0.25) is 9.59 Å². The molecule has 0 aromatic rings. The minimum atomic E-state index is -0.337. The van der Waals surface area contributed by atoms with Crippen molar-refractivity contribution >= 4 is 11.8 Å². The molecule has 0 aliphatic carbocycles. The summed E-state index contributed by atoms with van der Waals surface area (Å²) in [6.07, 6.45) is 1.79. The highest BCUT2D eigenvalue weighted by molar-refractivity contribution is 5.94. The molecule has 1 fully saturated rings. The van der Waals surface area contributed by atoms with E-state index in [1.807, 2.05) is 27.9 Å². The number of nitrogens with one attached hydrogen (secondary N) is 1. The van der Waals surface area contributed by atoms with Crippen LogP contribution in [0.25, 0.3) is 0 Å². The Morgan fingerprint density at radius 1 is 1.44 bits per heavy atom. The van der Waals surface area contributed by atoms with Crippen LogP contribution in [0.2, 0.25) is 0 Å². The second-order valence-corrected chi connectivity index (χ2v) is 5.35. The van der Waals surface area contributed by atoms with Crippen molar-refractivity contribution in [1.82, 2.24) is 15.1 Å². The molecular weight excluding hydrogens is 230 g/mol. The average molecular weight is 255 g/mol. The van der Waals surface area contributed by atoms with E-state index in [2.05, 4.69) is 10.2 Å². The summed E-state index contributed by atoms with van der Waals surface area (Å²) < 4.78 is 0. The Morgan fingerprint density at radius 2 is 2.11 bits per heavy atom. The first-order valence-electron chi connectivity index (χ1n) is 6.68. The lowest BCUT2D eigenvalue weighted by atomic mass is 9.96. The Labute approximate surface area is 110 Å². The van der Waals surface area contributed by atoms with Crippen LogP contribution in [0.3, 0.4) is 0 Å². The van der Waals surface area contributed by atoms with Crippen molar-refractivity contribution in [1.29, 1.82) is 0 Å². The van der Waals surface area contributed by atoms with Crippen LogP contribution in [0.4, 0.5) is 0 Å². The van der Waals surface area contributed by atoms with E-state index in [1.165, 1.54) is 0 Å². The molecule has 0 spiro atoms. The van der Waals surface area contributed by atoms with Crippen LogP contribution >= 0.6 is 0 Å². The lowest BCUT2D eigenvalue weighted by Crippen LogP contribution is -2.60. The number of carbonyl (C=O) groups is 2.